The van der Waals surface area contributed by atoms with Crippen LogP contribution in [0, 0.1) is 12.7 Å². The van der Waals surface area contributed by atoms with Gasteiger partial charge in [0, 0.05) is 10.9 Å². The molecular formula is C16H13FO2. The number of fused-ring (bicyclic) bond motifs is 1. The topological polar surface area (TPSA) is 22.4 Å². The molecule has 0 saturated heterocycles. The molecule has 1 aromatic heterocycles. The summed E-state index contributed by atoms with van der Waals surface area (Å²) in [7, 11) is 0. The zero-order valence-corrected chi connectivity index (χ0v) is 10.5. The van der Waals surface area contributed by atoms with Crippen LogP contribution in [0.3, 0.4) is 0 Å². The molecule has 0 unspecified atom stereocenters. The van der Waals surface area contributed by atoms with Crippen molar-refractivity contribution < 1.29 is 13.5 Å². The Balaban J connectivity index is 1.86. The molecule has 0 bridgehead atoms. The van der Waals surface area contributed by atoms with Crippen LogP contribution < -0.4 is 4.74 Å². The first kappa shape index (κ1) is 11.8. The number of hydrogen-bond acceptors (Lipinski definition) is 2. The SMILES string of the molecule is Cc1ccccc1OCc1coc2ccc(F)cc12. The first-order valence-electron chi connectivity index (χ1n) is 6.08. The molecule has 3 rings (SSSR count). The lowest BCUT2D eigenvalue weighted by Gasteiger charge is -2.07. The molecule has 0 atom stereocenters. The second-order valence-corrected chi connectivity index (χ2v) is 4.46. The Hall–Kier alpha value is -2.29. The molecule has 0 aliphatic heterocycles. The van der Waals surface area contributed by atoms with Gasteiger partial charge in [0.15, 0.2) is 0 Å². The van der Waals surface area contributed by atoms with Gasteiger partial charge in [-0.15, -0.1) is 0 Å². The number of benzene rings is 2. The van der Waals surface area contributed by atoms with Crippen LogP contribution in [0.4, 0.5) is 4.39 Å². The first-order valence-corrected chi connectivity index (χ1v) is 6.08. The number of ether oxygens (including phenoxy) is 1. The summed E-state index contributed by atoms with van der Waals surface area (Å²) in [5.74, 6) is 0.555. The summed E-state index contributed by atoms with van der Waals surface area (Å²) in [6, 6.07) is 12.3. The van der Waals surface area contributed by atoms with E-state index in [1.54, 1.807) is 12.3 Å². The van der Waals surface area contributed by atoms with E-state index < -0.39 is 0 Å². The van der Waals surface area contributed by atoms with E-state index in [1.165, 1.54) is 12.1 Å². The first-order chi connectivity index (χ1) is 9.24. The number of furan rings is 1. The van der Waals surface area contributed by atoms with Gasteiger partial charge < -0.3 is 9.15 Å². The molecule has 0 saturated carbocycles. The van der Waals surface area contributed by atoms with Gasteiger partial charge in [-0.25, -0.2) is 4.39 Å². The summed E-state index contributed by atoms with van der Waals surface area (Å²) in [6.45, 7) is 2.35. The quantitative estimate of drug-likeness (QED) is 0.690. The molecule has 96 valence electrons. The van der Waals surface area contributed by atoms with Crippen molar-refractivity contribution in [2.24, 2.45) is 0 Å². The van der Waals surface area contributed by atoms with Crippen molar-refractivity contribution >= 4 is 11.0 Å². The van der Waals surface area contributed by atoms with Crippen molar-refractivity contribution in [1.29, 1.82) is 0 Å². The minimum Gasteiger partial charge on any atom is -0.488 e. The second-order valence-electron chi connectivity index (χ2n) is 4.46. The Kier molecular flexibility index (Phi) is 2.95. The molecule has 1 heterocycles. The van der Waals surface area contributed by atoms with Crippen LogP contribution in [0.2, 0.25) is 0 Å². The molecule has 2 aromatic carbocycles. The van der Waals surface area contributed by atoms with Crippen LogP contribution >= 0.6 is 0 Å². The van der Waals surface area contributed by atoms with Crippen LogP contribution in [0.25, 0.3) is 11.0 Å². The third-order valence-corrected chi connectivity index (χ3v) is 3.09. The zero-order valence-electron chi connectivity index (χ0n) is 10.5. The smallest absolute Gasteiger partial charge is 0.134 e. The van der Waals surface area contributed by atoms with E-state index in [9.17, 15) is 4.39 Å². The molecule has 0 aliphatic carbocycles. The monoisotopic (exact) mass is 256 g/mol. The summed E-state index contributed by atoms with van der Waals surface area (Å²) < 4.78 is 24.4. The molecule has 3 heteroatoms. The van der Waals surface area contributed by atoms with Gasteiger partial charge in [0.25, 0.3) is 0 Å². The van der Waals surface area contributed by atoms with E-state index in [1.807, 2.05) is 31.2 Å². The Labute approximate surface area is 110 Å². The van der Waals surface area contributed by atoms with Crippen molar-refractivity contribution in [2.45, 2.75) is 13.5 Å². The minimum absolute atomic E-state index is 0.272. The Bertz CT molecular complexity index is 716. The molecule has 0 N–H and O–H groups in total. The van der Waals surface area contributed by atoms with Crippen molar-refractivity contribution in [1.82, 2.24) is 0 Å². The highest BCUT2D eigenvalue weighted by molar-refractivity contribution is 5.80. The van der Waals surface area contributed by atoms with Crippen molar-refractivity contribution in [3.8, 4) is 5.75 Å². The van der Waals surface area contributed by atoms with Crippen LogP contribution in [-0.2, 0) is 6.61 Å². The molecule has 0 amide bonds. The summed E-state index contributed by atoms with van der Waals surface area (Å²) >= 11 is 0. The number of para-hydroxylation sites is 1. The van der Waals surface area contributed by atoms with Gasteiger partial charge in [0.2, 0.25) is 0 Å². The highest BCUT2D eigenvalue weighted by Gasteiger charge is 2.08. The van der Waals surface area contributed by atoms with E-state index in [2.05, 4.69) is 0 Å². The summed E-state index contributed by atoms with van der Waals surface area (Å²) in [5.41, 5.74) is 2.59. The van der Waals surface area contributed by atoms with Crippen molar-refractivity contribution in [3.63, 3.8) is 0 Å². The van der Waals surface area contributed by atoms with E-state index in [-0.39, 0.29) is 5.82 Å². The fourth-order valence-electron chi connectivity index (χ4n) is 2.04. The molecule has 19 heavy (non-hydrogen) atoms. The molecule has 0 aliphatic rings. The van der Waals surface area contributed by atoms with Gasteiger partial charge >= 0.3 is 0 Å². The van der Waals surface area contributed by atoms with Crippen LogP contribution in [0.5, 0.6) is 5.75 Å². The van der Waals surface area contributed by atoms with Crippen LogP contribution in [-0.4, -0.2) is 0 Å². The Morgan fingerprint density at radius 2 is 2.00 bits per heavy atom. The van der Waals surface area contributed by atoms with E-state index >= 15 is 0 Å². The van der Waals surface area contributed by atoms with E-state index in [0.29, 0.717) is 12.2 Å². The maximum Gasteiger partial charge on any atom is 0.134 e. The molecular weight excluding hydrogens is 243 g/mol. The largest absolute Gasteiger partial charge is 0.488 e. The molecule has 0 radical (unpaired) electrons. The number of halogens is 1. The summed E-state index contributed by atoms with van der Waals surface area (Å²) in [5, 5.41) is 0.758. The molecule has 0 fully saturated rings. The van der Waals surface area contributed by atoms with E-state index in [4.69, 9.17) is 9.15 Å². The van der Waals surface area contributed by atoms with Gasteiger partial charge in [-0.05, 0) is 36.8 Å². The molecule has 3 aromatic rings. The number of aryl methyl sites for hydroxylation is 1. The van der Waals surface area contributed by atoms with Crippen LogP contribution in [0.15, 0.2) is 53.1 Å². The minimum atomic E-state index is -0.272. The third kappa shape index (κ3) is 2.32. The normalized spacial score (nSPS) is 10.8. The second kappa shape index (κ2) is 4.76. The lowest BCUT2D eigenvalue weighted by atomic mass is 10.2. The zero-order chi connectivity index (χ0) is 13.2. The average molecular weight is 256 g/mol. The van der Waals surface area contributed by atoms with Crippen molar-refractivity contribution in [2.75, 3.05) is 0 Å². The predicted molar refractivity (Wildman–Crippen MR) is 71.7 cm³/mol. The maximum absolute atomic E-state index is 13.2. The fraction of sp³-hybridized carbons (Fsp3) is 0.125. The fourth-order valence-corrected chi connectivity index (χ4v) is 2.04. The van der Waals surface area contributed by atoms with Crippen molar-refractivity contribution in [3.05, 3.63) is 65.7 Å². The average Bonchev–Trinajstić information content (AvgIpc) is 2.80. The van der Waals surface area contributed by atoms with Gasteiger partial charge in [0.05, 0.1) is 6.26 Å². The van der Waals surface area contributed by atoms with Gasteiger partial charge in [-0.1, -0.05) is 18.2 Å². The van der Waals surface area contributed by atoms with Gasteiger partial charge in [-0.2, -0.15) is 0 Å². The standard InChI is InChI=1S/C16H13FO2/c1-11-4-2-3-5-15(11)18-9-12-10-19-16-7-6-13(17)8-14(12)16/h2-8,10H,9H2,1H3. The summed E-state index contributed by atoms with van der Waals surface area (Å²) in [4.78, 5) is 0. The maximum atomic E-state index is 13.2. The highest BCUT2D eigenvalue weighted by Crippen LogP contribution is 2.24. The van der Waals surface area contributed by atoms with Gasteiger partial charge in [0.1, 0.15) is 23.8 Å². The lowest BCUT2D eigenvalue weighted by molar-refractivity contribution is 0.304. The molecule has 0 spiro atoms. The number of hydrogen-bond donors (Lipinski definition) is 0. The van der Waals surface area contributed by atoms with Crippen LogP contribution in [0.1, 0.15) is 11.1 Å². The van der Waals surface area contributed by atoms with E-state index in [0.717, 1.165) is 22.3 Å². The number of rotatable bonds is 3. The summed E-state index contributed by atoms with van der Waals surface area (Å²) in [6.07, 6.45) is 1.61. The Morgan fingerprint density at radius 1 is 1.16 bits per heavy atom. The highest BCUT2D eigenvalue weighted by atomic mass is 19.1. The molecule has 2 nitrogen and oxygen atoms in total. The third-order valence-electron chi connectivity index (χ3n) is 3.09. The predicted octanol–water partition coefficient (Wildman–Crippen LogP) is 4.46. The van der Waals surface area contributed by atoms with Gasteiger partial charge in [-0.3, -0.25) is 0 Å². The Morgan fingerprint density at radius 3 is 2.84 bits per heavy atom. The lowest BCUT2D eigenvalue weighted by Crippen LogP contribution is -1.96.